The summed E-state index contributed by atoms with van der Waals surface area (Å²) in [6.07, 6.45) is 1.76. The van der Waals surface area contributed by atoms with E-state index in [1.807, 2.05) is 66.9 Å². The number of hydrogen-bond donors (Lipinski definition) is 1. The Balaban J connectivity index is 1.52. The first-order valence-corrected chi connectivity index (χ1v) is 8.15. The minimum absolute atomic E-state index is 0.569. The summed E-state index contributed by atoms with van der Waals surface area (Å²) in [6.45, 7) is 2.53. The molecule has 2 aromatic carbocycles. The van der Waals surface area contributed by atoms with E-state index in [9.17, 15) is 0 Å². The van der Waals surface area contributed by atoms with Gasteiger partial charge in [-0.1, -0.05) is 30.3 Å². The van der Waals surface area contributed by atoms with Crippen LogP contribution in [0.1, 0.15) is 16.8 Å². The van der Waals surface area contributed by atoms with Gasteiger partial charge in [0.15, 0.2) is 0 Å². The molecular weight excluding hydrogens is 306 g/mol. The van der Waals surface area contributed by atoms with Crippen molar-refractivity contribution in [3.63, 3.8) is 0 Å². The lowest BCUT2D eigenvalue weighted by Gasteiger charge is -2.06. The van der Waals surface area contributed by atoms with E-state index in [4.69, 9.17) is 4.74 Å². The predicted molar refractivity (Wildman–Crippen MR) is 95.3 cm³/mol. The number of hydrogen-bond acceptors (Lipinski definition) is 5. The zero-order valence-corrected chi connectivity index (χ0v) is 13.6. The molecule has 0 atom stereocenters. The Morgan fingerprint density at radius 1 is 1.13 bits per heavy atom. The van der Waals surface area contributed by atoms with Crippen molar-refractivity contribution in [1.29, 1.82) is 0 Å². The van der Waals surface area contributed by atoms with Crippen molar-refractivity contribution >= 4 is 22.7 Å². The van der Waals surface area contributed by atoms with E-state index in [2.05, 4.69) is 15.5 Å². The maximum Gasteiger partial charge on any atom is 0.203 e. The highest BCUT2D eigenvalue weighted by molar-refractivity contribution is 7.13. The molecule has 116 valence electrons. The maximum atomic E-state index is 5.76. The van der Waals surface area contributed by atoms with Crippen LogP contribution in [0.3, 0.4) is 0 Å². The van der Waals surface area contributed by atoms with Crippen LogP contribution >= 0.6 is 11.3 Å². The lowest BCUT2D eigenvalue weighted by molar-refractivity contribution is 0.306. The summed E-state index contributed by atoms with van der Waals surface area (Å²) in [5.41, 5.74) is 6.07. The highest BCUT2D eigenvalue weighted by Gasteiger charge is 1.97. The Morgan fingerprint density at radius 3 is 2.61 bits per heavy atom. The summed E-state index contributed by atoms with van der Waals surface area (Å²) >= 11 is 1.54. The third-order valence-corrected chi connectivity index (χ3v) is 3.99. The normalized spacial score (nSPS) is 10.8. The Kier molecular flexibility index (Phi) is 5.01. The molecule has 0 saturated carbocycles. The van der Waals surface area contributed by atoms with Crippen LogP contribution < -0.4 is 10.2 Å². The Hall–Kier alpha value is -2.66. The topological polar surface area (TPSA) is 46.5 Å². The number of nitrogens with zero attached hydrogens (tertiary/aromatic N) is 2. The van der Waals surface area contributed by atoms with E-state index in [0.717, 1.165) is 27.7 Å². The fraction of sp³-hybridized carbons (Fsp3) is 0.111. The number of aryl methyl sites for hydroxylation is 1. The average molecular weight is 323 g/mol. The molecule has 0 aliphatic carbocycles. The van der Waals surface area contributed by atoms with Gasteiger partial charge in [-0.3, -0.25) is 5.43 Å². The highest BCUT2D eigenvalue weighted by Crippen LogP contribution is 2.15. The number of hydrazone groups is 1. The quantitative estimate of drug-likeness (QED) is 0.537. The second kappa shape index (κ2) is 7.56. The number of anilines is 1. The van der Waals surface area contributed by atoms with Crippen molar-refractivity contribution in [3.05, 3.63) is 76.8 Å². The van der Waals surface area contributed by atoms with Crippen LogP contribution in [0, 0.1) is 6.92 Å². The highest BCUT2D eigenvalue weighted by atomic mass is 32.1. The first kappa shape index (κ1) is 15.2. The SMILES string of the molecule is Cc1csc(NN=Cc2ccc(OCc3ccccc3)cc2)n1. The van der Waals surface area contributed by atoms with Crippen molar-refractivity contribution in [3.8, 4) is 5.75 Å². The average Bonchev–Trinajstić information content (AvgIpc) is 3.00. The molecule has 0 aliphatic rings. The van der Waals surface area contributed by atoms with E-state index in [1.54, 1.807) is 6.21 Å². The Bertz CT molecular complexity index is 766. The maximum absolute atomic E-state index is 5.76. The van der Waals surface area contributed by atoms with Gasteiger partial charge in [0.2, 0.25) is 5.13 Å². The minimum atomic E-state index is 0.569. The van der Waals surface area contributed by atoms with Gasteiger partial charge in [-0.15, -0.1) is 11.3 Å². The summed E-state index contributed by atoms with van der Waals surface area (Å²) in [5, 5.41) is 6.96. The van der Waals surface area contributed by atoms with Gasteiger partial charge in [0.25, 0.3) is 0 Å². The predicted octanol–water partition coefficient (Wildman–Crippen LogP) is 4.48. The molecule has 1 heterocycles. The molecule has 0 fully saturated rings. The smallest absolute Gasteiger partial charge is 0.203 e. The van der Waals surface area contributed by atoms with Gasteiger partial charge in [0.05, 0.1) is 11.9 Å². The minimum Gasteiger partial charge on any atom is -0.489 e. The van der Waals surface area contributed by atoms with Crippen LogP contribution in [0.2, 0.25) is 0 Å². The Morgan fingerprint density at radius 2 is 1.91 bits per heavy atom. The molecule has 0 radical (unpaired) electrons. The van der Waals surface area contributed by atoms with Gasteiger partial charge in [-0.2, -0.15) is 5.10 Å². The largest absolute Gasteiger partial charge is 0.489 e. The van der Waals surface area contributed by atoms with Gasteiger partial charge in [0.1, 0.15) is 12.4 Å². The lowest BCUT2D eigenvalue weighted by atomic mass is 10.2. The molecule has 23 heavy (non-hydrogen) atoms. The summed E-state index contributed by atoms with van der Waals surface area (Å²) < 4.78 is 5.76. The van der Waals surface area contributed by atoms with Crippen molar-refractivity contribution < 1.29 is 4.74 Å². The van der Waals surface area contributed by atoms with Gasteiger partial charge in [-0.25, -0.2) is 4.98 Å². The number of rotatable bonds is 6. The van der Waals surface area contributed by atoms with E-state index < -0.39 is 0 Å². The summed E-state index contributed by atoms with van der Waals surface area (Å²) in [4.78, 5) is 4.28. The van der Waals surface area contributed by atoms with Crippen molar-refractivity contribution in [2.24, 2.45) is 5.10 Å². The van der Waals surface area contributed by atoms with Crippen LogP contribution in [0.5, 0.6) is 5.75 Å². The van der Waals surface area contributed by atoms with Crippen LogP contribution in [-0.2, 0) is 6.61 Å². The van der Waals surface area contributed by atoms with E-state index in [1.165, 1.54) is 11.3 Å². The molecule has 0 aliphatic heterocycles. The molecule has 3 rings (SSSR count). The molecule has 0 unspecified atom stereocenters. The zero-order valence-electron chi connectivity index (χ0n) is 12.8. The standard InChI is InChI=1S/C18H17N3OS/c1-14-13-23-18(20-14)21-19-11-15-7-9-17(10-8-15)22-12-16-5-3-2-4-6-16/h2-11,13H,12H2,1H3,(H,20,21). The summed E-state index contributed by atoms with van der Waals surface area (Å²) in [5.74, 6) is 0.842. The van der Waals surface area contributed by atoms with Gasteiger partial charge in [0, 0.05) is 5.38 Å². The molecular formula is C18H17N3OS. The number of nitrogens with one attached hydrogen (secondary N) is 1. The first-order chi connectivity index (χ1) is 11.3. The molecule has 4 nitrogen and oxygen atoms in total. The van der Waals surface area contributed by atoms with E-state index in [0.29, 0.717) is 6.61 Å². The Labute approximate surface area is 139 Å². The van der Waals surface area contributed by atoms with Crippen molar-refractivity contribution in [1.82, 2.24) is 4.98 Å². The molecule has 0 saturated heterocycles. The monoisotopic (exact) mass is 323 g/mol. The second-order valence-corrected chi connectivity index (χ2v) is 5.87. The third-order valence-electron chi connectivity index (χ3n) is 3.12. The van der Waals surface area contributed by atoms with E-state index in [-0.39, 0.29) is 0 Å². The second-order valence-electron chi connectivity index (χ2n) is 5.01. The first-order valence-electron chi connectivity index (χ1n) is 7.27. The lowest BCUT2D eigenvalue weighted by Crippen LogP contribution is -1.95. The van der Waals surface area contributed by atoms with E-state index >= 15 is 0 Å². The molecule has 1 N–H and O–H groups in total. The van der Waals surface area contributed by atoms with Crippen molar-refractivity contribution in [2.75, 3.05) is 5.43 Å². The van der Waals surface area contributed by atoms with Crippen LogP contribution in [0.15, 0.2) is 65.1 Å². The summed E-state index contributed by atoms with van der Waals surface area (Å²) in [6, 6.07) is 17.9. The molecule has 0 amide bonds. The van der Waals surface area contributed by atoms with Crippen LogP contribution in [0.4, 0.5) is 5.13 Å². The molecule has 0 bridgehead atoms. The van der Waals surface area contributed by atoms with Crippen LogP contribution in [-0.4, -0.2) is 11.2 Å². The third kappa shape index (κ3) is 4.66. The van der Waals surface area contributed by atoms with Gasteiger partial charge < -0.3 is 4.74 Å². The molecule has 5 heteroatoms. The van der Waals surface area contributed by atoms with Gasteiger partial charge in [-0.05, 0) is 42.3 Å². The fourth-order valence-electron chi connectivity index (χ4n) is 1.96. The van der Waals surface area contributed by atoms with Crippen molar-refractivity contribution in [2.45, 2.75) is 13.5 Å². The summed E-state index contributed by atoms with van der Waals surface area (Å²) in [7, 11) is 0. The van der Waals surface area contributed by atoms with Gasteiger partial charge >= 0.3 is 0 Å². The number of benzene rings is 2. The molecule has 1 aromatic heterocycles. The number of aromatic nitrogens is 1. The number of ether oxygens (including phenoxy) is 1. The molecule has 0 spiro atoms. The fourth-order valence-corrected chi connectivity index (χ4v) is 2.60. The molecule has 3 aromatic rings. The van der Waals surface area contributed by atoms with Crippen LogP contribution in [0.25, 0.3) is 0 Å². The zero-order chi connectivity index (χ0) is 15.9. The number of thiazole rings is 1.